The van der Waals surface area contributed by atoms with Crippen LogP contribution < -0.4 is 15.5 Å². The van der Waals surface area contributed by atoms with Gasteiger partial charge in [0.15, 0.2) is 5.13 Å². The minimum atomic E-state index is -0.279. The standard InChI is InChI=1S/C17H20N8OS/c26-16(22-14-10-21-25(11-14)15-18-5-3-6-19-15)20-7-4-13-12-27-17(23-13)24-8-1-2-9-24/h3,5-6,10-12H,1-2,4,7-9H2,(H2,20,22,26). The highest BCUT2D eigenvalue weighted by Gasteiger charge is 2.15. The van der Waals surface area contributed by atoms with Gasteiger partial charge in [0.25, 0.3) is 0 Å². The first kappa shape index (κ1) is 17.4. The predicted octanol–water partition coefficient (Wildman–Crippen LogP) is 2.08. The molecule has 2 N–H and O–H groups in total. The molecule has 3 aromatic heterocycles. The van der Waals surface area contributed by atoms with Gasteiger partial charge >= 0.3 is 6.03 Å². The lowest BCUT2D eigenvalue weighted by molar-refractivity contribution is 0.252. The van der Waals surface area contributed by atoms with Crippen molar-refractivity contribution in [2.24, 2.45) is 0 Å². The van der Waals surface area contributed by atoms with E-state index < -0.39 is 0 Å². The van der Waals surface area contributed by atoms with Crippen molar-refractivity contribution in [3.8, 4) is 5.95 Å². The van der Waals surface area contributed by atoms with E-state index in [0.29, 0.717) is 24.6 Å². The van der Waals surface area contributed by atoms with Gasteiger partial charge in [0, 0.05) is 43.8 Å². The predicted molar refractivity (Wildman–Crippen MR) is 103 cm³/mol. The van der Waals surface area contributed by atoms with E-state index in [9.17, 15) is 4.79 Å². The number of anilines is 2. The van der Waals surface area contributed by atoms with E-state index in [1.54, 1.807) is 42.2 Å². The van der Waals surface area contributed by atoms with Crippen LogP contribution in [0, 0.1) is 0 Å². The quantitative estimate of drug-likeness (QED) is 0.675. The zero-order valence-corrected chi connectivity index (χ0v) is 15.5. The Morgan fingerprint density at radius 2 is 2.04 bits per heavy atom. The van der Waals surface area contributed by atoms with Gasteiger partial charge in [-0.15, -0.1) is 11.3 Å². The van der Waals surface area contributed by atoms with Crippen LogP contribution in [0.25, 0.3) is 5.95 Å². The van der Waals surface area contributed by atoms with Gasteiger partial charge in [-0.2, -0.15) is 5.10 Å². The van der Waals surface area contributed by atoms with Crippen LogP contribution in [0.2, 0.25) is 0 Å². The number of aromatic nitrogens is 5. The van der Waals surface area contributed by atoms with Crippen molar-refractivity contribution in [2.75, 3.05) is 29.9 Å². The first-order valence-corrected chi connectivity index (χ1v) is 9.72. The van der Waals surface area contributed by atoms with Crippen LogP contribution in [-0.2, 0) is 6.42 Å². The summed E-state index contributed by atoms with van der Waals surface area (Å²) in [6.45, 7) is 2.70. The van der Waals surface area contributed by atoms with E-state index in [2.05, 4.69) is 41.0 Å². The molecule has 0 spiro atoms. The molecule has 0 radical (unpaired) electrons. The number of hydrogen-bond acceptors (Lipinski definition) is 7. The number of urea groups is 1. The van der Waals surface area contributed by atoms with Crippen molar-refractivity contribution in [2.45, 2.75) is 19.3 Å². The highest BCUT2D eigenvalue weighted by molar-refractivity contribution is 7.13. The van der Waals surface area contributed by atoms with E-state index in [-0.39, 0.29) is 6.03 Å². The maximum Gasteiger partial charge on any atom is 0.319 e. The lowest BCUT2D eigenvalue weighted by Crippen LogP contribution is -2.30. The largest absolute Gasteiger partial charge is 0.348 e. The summed E-state index contributed by atoms with van der Waals surface area (Å²) in [6, 6.07) is 1.45. The summed E-state index contributed by atoms with van der Waals surface area (Å²) in [5.74, 6) is 0.447. The molecule has 1 aliphatic heterocycles. The molecule has 1 fully saturated rings. The molecule has 1 aliphatic rings. The number of nitrogens with zero attached hydrogens (tertiary/aromatic N) is 6. The van der Waals surface area contributed by atoms with Crippen molar-refractivity contribution in [3.63, 3.8) is 0 Å². The third-order valence-electron chi connectivity index (χ3n) is 4.18. The van der Waals surface area contributed by atoms with Crippen molar-refractivity contribution < 1.29 is 4.79 Å². The molecule has 9 nitrogen and oxygen atoms in total. The number of rotatable bonds is 6. The van der Waals surface area contributed by atoms with Gasteiger partial charge in [-0.25, -0.2) is 24.4 Å². The minimum absolute atomic E-state index is 0.279. The fourth-order valence-electron chi connectivity index (χ4n) is 2.85. The summed E-state index contributed by atoms with van der Waals surface area (Å²) in [6.07, 6.45) is 9.67. The molecule has 0 aromatic carbocycles. The van der Waals surface area contributed by atoms with Gasteiger partial charge in [-0.1, -0.05) is 0 Å². The Labute approximate surface area is 160 Å². The Morgan fingerprint density at radius 1 is 1.22 bits per heavy atom. The molecule has 2 amide bonds. The highest BCUT2D eigenvalue weighted by atomic mass is 32.1. The third-order valence-corrected chi connectivity index (χ3v) is 5.13. The number of amides is 2. The number of nitrogens with one attached hydrogen (secondary N) is 2. The Balaban J connectivity index is 1.24. The van der Waals surface area contributed by atoms with Gasteiger partial charge in [0.05, 0.1) is 23.8 Å². The fraction of sp³-hybridized carbons (Fsp3) is 0.353. The molecule has 140 valence electrons. The summed E-state index contributed by atoms with van der Waals surface area (Å²) in [4.78, 5) is 27.2. The van der Waals surface area contributed by atoms with Crippen LogP contribution in [-0.4, -0.2) is 50.4 Å². The molecule has 3 aromatic rings. The van der Waals surface area contributed by atoms with Crippen molar-refractivity contribution in [1.82, 2.24) is 30.0 Å². The van der Waals surface area contributed by atoms with Gasteiger partial charge in [-0.3, -0.25) is 0 Å². The summed E-state index contributed by atoms with van der Waals surface area (Å²) in [7, 11) is 0. The van der Waals surface area contributed by atoms with Crippen LogP contribution in [0.1, 0.15) is 18.5 Å². The number of thiazole rings is 1. The number of carbonyl (C=O) groups excluding carboxylic acids is 1. The Kier molecular flexibility index (Phi) is 5.24. The first-order valence-electron chi connectivity index (χ1n) is 8.84. The van der Waals surface area contributed by atoms with E-state index in [4.69, 9.17) is 0 Å². The van der Waals surface area contributed by atoms with Crippen molar-refractivity contribution >= 4 is 28.2 Å². The van der Waals surface area contributed by atoms with Crippen LogP contribution in [0.5, 0.6) is 0 Å². The average molecular weight is 384 g/mol. The Morgan fingerprint density at radius 3 is 2.85 bits per heavy atom. The van der Waals surface area contributed by atoms with E-state index in [1.165, 1.54) is 17.5 Å². The number of carbonyl (C=O) groups is 1. The fourth-order valence-corrected chi connectivity index (χ4v) is 3.76. The first-order chi connectivity index (χ1) is 13.3. The summed E-state index contributed by atoms with van der Waals surface area (Å²) < 4.78 is 1.50. The molecule has 4 heterocycles. The Bertz CT molecular complexity index is 887. The number of hydrogen-bond donors (Lipinski definition) is 2. The average Bonchev–Trinajstić information content (AvgIpc) is 3.44. The van der Waals surface area contributed by atoms with E-state index in [1.807, 2.05) is 0 Å². The van der Waals surface area contributed by atoms with Crippen LogP contribution >= 0.6 is 11.3 Å². The molecule has 0 saturated carbocycles. The minimum Gasteiger partial charge on any atom is -0.348 e. The second-order valence-electron chi connectivity index (χ2n) is 6.17. The van der Waals surface area contributed by atoms with Crippen molar-refractivity contribution in [3.05, 3.63) is 41.9 Å². The zero-order chi connectivity index (χ0) is 18.5. The van der Waals surface area contributed by atoms with Crippen LogP contribution in [0.15, 0.2) is 36.2 Å². The molecule has 0 unspecified atom stereocenters. The molecular formula is C17H20N8OS. The lowest BCUT2D eigenvalue weighted by Gasteiger charge is -2.12. The summed E-state index contributed by atoms with van der Waals surface area (Å²) >= 11 is 1.67. The molecule has 27 heavy (non-hydrogen) atoms. The molecule has 4 rings (SSSR count). The zero-order valence-electron chi connectivity index (χ0n) is 14.7. The second-order valence-corrected chi connectivity index (χ2v) is 7.01. The van der Waals surface area contributed by atoms with Gasteiger partial charge in [-0.05, 0) is 18.9 Å². The topological polar surface area (TPSA) is 101 Å². The normalized spacial score (nSPS) is 13.7. The van der Waals surface area contributed by atoms with Crippen LogP contribution in [0.4, 0.5) is 15.6 Å². The third kappa shape index (κ3) is 4.40. The second kappa shape index (κ2) is 8.12. The van der Waals surface area contributed by atoms with Gasteiger partial charge in [0.2, 0.25) is 5.95 Å². The molecule has 0 bridgehead atoms. The molecular weight excluding hydrogens is 364 g/mol. The van der Waals surface area contributed by atoms with Crippen molar-refractivity contribution in [1.29, 1.82) is 0 Å². The molecule has 0 atom stereocenters. The summed E-state index contributed by atoms with van der Waals surface area (Å²) in [5.41, 5.74) is 1.58. The molecule has 10 heteroatoms. The maximum absolute atomic E-state index is 12.0. The van der Waals surface area contributed by atoms with E-state index >= 15 is 0 Å². The SMILES string of the molecule is O=C(NCCc1csc(N2CCCC2)n1)Nc1cnn(-c2ncccn2)c1. The van der Waals surface area contributed by atoms with Gasteiger partial charge < -0.3 is 15.5 Å². The van der Waals surface area contributed by atoms with Crippen LogP contribution in [0.3, 0.4) is 0 Å². The lowest BCUT2D eigenvalue weighted by atomic mass is 10.3. The molecule has 0 aliphatic carbocycles. The molecule has 1 saturated heterocycles. The Hall–Kier alpha value is -3.01. The smallest absolute Gasteiger partial charge is 0.319 e. The van der Waals surface area contributed by atoms with E-state index in [0.717, 1.165) is 23.9 Å². The maximum atomic E-state index is 12.0. The van der Waals surface area contributed by atoms with Gasteiger partial charge in [0.1, 0.15) is 0 Å². The monoisotopic (exact) mass is 384 g/mol. The summed E-state index contributed by atoms with van der Waals surface area (Å²) in [5, 5.41) is 12.9. The highest BCUT2D eigenvalue weighted by Crippen LogP contribution is 2.24.